The van der Waals surface area contributed by atoms with Crippen molar-refractivity contribution in [3.63, 3.8) is 0 Å². The standard InChI is InChI=1S/C17H17FN2O3S/c1-12(21)20-16-11-13(7-8-15(16)18)17(22)19-9-10-24(23)14-5-3-2-4-6-14/h2-8,11H,9-10H2,1H3,(H,19,22)(H,20,21)/t24-/m1/s1. The summed E-state index contributed by atoms with van der Waals surface area (Å²) >= 11 is 0. The average molecular weight is 348 g/mol. The zero-order valence-electron chi connectivity index (χ0n) is 13.0. The molecule has 5 nitrogen and oxygen atoms in total. The molecule has 2 aromatic carbocycles. The predicted molar refractivity (Wildman–Crippen MR) is 90.8 cm³/mol. The third kappa shape index (κ3) is 4.99. The van der Waals surface area contributed by atoms with Gasteiger partial charge in [-0.3, -0.25) is 13.8 Å². The van der Waals surface area contributed by atoms with Gasteiger partial charge in [-0.25, -0.2) is 4.39 Å². The summed E-state index contributed by atoms with van der Waals surface area (Å²) in [6.45, 7) is 1.47. The molecule has 2 aromatic rings. The maximum Gasteiger partial charge on any atom is 0.251 e. The molecule has 0 saturated carbocycles. The van der Waals surface area contributed by atoms with Crippen molar-refractivity contribution in [1.29, 1.82) is 0 Å². The lowest BCUT2D eigenvalue weighted by Gasteiger charge is -2.08. The number of amides is 2. The lowest BCUT2D eigenvalue weighted by Crippen LogP contribution is -2.28. The van der Waals surface area contributed by atoms with E-state index >= 15 is 0 Å². The molecule has 0 saturated heterocycles. The third-order valence-corrected chi connectivity index (χ3v) is 4.49. The molecule has 0 spiro atoms. The van der Waals surface area contributed by atoms with Gasteiger partial charge in [-0.2, -0.15) is 0 Å². The van der Waals surface area contributed by atoms with E-state index in [1.807, 2.05) is 6.07 Å². The minimum absolute atomic E-state index is 0.0528. The highest BCUT2D eigenvalue weighted by Gasteiger charge is 2.11. The second-order valence-electron chi connectivity index (χ2n) is 4.99. The van der Waals surface area contributed by atoms with Crippen molar-refractivity contribution in [3.05, 3.63) is 59.9 Å². The highest BCUT2D eigenvalue weighted by Crippen LogP contribution is 2.16. The Morgan fingerprint density at radius 2 is 1.83 bits per heavy atom. The van der Waals surface area contributed by atoms with Crippen LogP contribution >= 0.6 is 0 Å². The van der Waals surface area contributed by atoms with E-state index in [9.17, 15) is 18.2 Å². The first-order valence-corrected chi connectivity index (χ1v) is 8.58. The third-order valence-electron chi connectivity index (χ3n) is 3.12. The van der Waals surface area contributed by atoms with Crippen LogP contribution in [0.15, 0.2) is 53.4 Å². The summed E-state index contributed by atoms with van der Waals surface area (Å²) in [5, 5.41) is 4.95. The second kappa shape index (κ2) is 8.35. The zero-order valence-corrected chi connectivity index (χ0v) is 13.9. The Morgan fingerprint density at radius 3 is 2.50 bits per heavy atom. The van der Waals surface area contributed by atoms with Crippen LogP contribution in [-0.4, -0.2) is 28.3 Å². The predicted octanol–water partition coefficient (Wildman–Crippen LogP) is 2.32. The van der Waals surface area contributed by atoms with Crippen molar-refractivity contribution < 1.29 is 18.2 Å². The quantitative estimate of drug-likeness (QED) is 0.841. The first kappa shape index (κ1) is 17.8. The van der Waals surface area contributed by atoms with Crippen molar-refractivity contribution in [2.45, 2.75) is 11.8 Å². The van der Waals surface area contributed by atoms with Crippen LogP contribution in [0.4, 0.5) is 10.1 Å². The molecule has 1 atom stereocenters. The van der Waals surface area contributed by atoms with Crippen LogP contribution in [0.25, 0.3) is 0 Å². The fraction of sp³-hybridized carbons (Fsp3) is 0.176. The van der Waals surface area contributed by atoms with Gasteiger partial charge < -0.3 is 10.6 Å². The zero-order chi connectivity index (χ0) is 17.5. The normalized spacial score (nSPS) is 11.6. The maximum absolute atomic E-state index is 13.6. The molecule has 0 radical (unpaired) electrons. The van der Waals surface area contributed by atoms with E-state index in [1.54, 1.807) is 24.3 Å². The van der Waals surface area contributed by atoms with E-state index in [4.69, 9.17) is 0 Å². The van der Waals surface area contributed by atoms with Crippen molar-refractivity contribution in [3.8, 4) is 0 Å². The van der Waals surface area contributed by atoms with Gasteiger partial charge in [0.15, 0.2) is 0 Å². The molecular weight excluding hydrogens is 331 g/mol. The highest BCUT2D eigenvalue weighted by molar-refractivity contribution is 7.85. The smallest absolute Gasteiger partial charge is 0.251 e. The van der Waals surface area contributed by atoms with Crippen LogP contribution in [-0.2, 0) is 15.6 Å². The lowest BCUT2D eigenvalue weighted by molar-refractivity contribution is -0.114. The highest BCUT2D eigenvalue weighted by atomic mass is 32.2. The molecule has 2 amide bonds. The molecule has 0 heterocycles. The van der Waals surface area contributed by atoms with Crippen LogP contribution < -0.4 is 10.6 Å². The Labute approximate surface area is 141 Å². The number of halogens is 1. The monoisotopic (exact) mass is 348 g/mol. The van der Waals surface area contributed by atoms with E-state index < -0.39 is 28.4 Å². The van der Waals surface area contributed by atoms with E-state index in [0.29, 0.717) is 4.90 Å². The minimum atomic E-state index is -1.20. The molecule has 0 aliphatic heterocycles. The fourth-order valence-electron chi connectivity index (χ4n) is 2.00. The van der Waals surface area contributed by atoms with Crippen LogP contribution in [0.1, 0.15) is 17.3 Å². The molecule has 2 rings (SSSR count). The molecule has 24 heavy (non-hydrogen) atoms. The molecule has 0 aliphatic rings. The van der Waals surface area contributed by atoms with Gasteiger partial charge in [0.25, 0.3) is 5.91 Å². The Morgan fingerprint density at radius 1 is 1.12 bits per heavy atom. The number of anilines is 1. The summed E-state index contributed by atoms with van der Waals surface area (Å²) in [7, 11) is -1.20. The van der Waals surface area contributed by atoms with Gasteiger partial charge in [-0.1, -0.05) is 18.2 Å². The van der Waals surface area contributed by atoms with Gasteiger partial charge in [-0.15, -0.1) is 0 Å². The van der Waals surface area contributed by atoms with E-state index in [0.717, 1.165) is 6.07 Å². The Bertz CT molecular complexity index is 766. The van der Waals surface area contributed by atoms with Crippen molar-refractivity contribution in [2.75, 3.05) is 17.6 Å². The largest absolute Gasteiger partial charge is 0.351 e. The van der Waals surface area contributed by atoms with Crippen molar-refractivity contribution in [1.82, 2.24) is 5.32 Å². The molecule has 0 fully saturated rings. The van der Waals surface area contributed by atoms with Gasteiger partial charge in [0.05, 0.1) is 16.5 Å². The first-order chi connectivity index (χ1) is 11.5. The second-order valence-corrected chi connectivity index (χ2v) is 6.57. The fourth-order valence-corrected chi connectivity index (χ4v) is 2.99. The number of carbonyl (C=O) groups is 2. The van der Waals surface area contributed by atoms with Crippen LogP contribution in [0.5, 0.6) is 0 Å². The van der Waals surface area contributed by atoms with Gasteiger partial charge in [-0.05, 0) is 30.3 Å². The number of benzene rings is 2. The summed E-state index contributed by atoms with van der Waals surface area (Å²) in [6.07, 6.45) is 0. The minimum Gasteiger partial charge on any atom is -0.351 e. The number of nitrogens with one attached hydrogen (secondary N) is 2. The van der Waals surface area contributed by atoms with Crippen molar-refractivity contribution >= 4 is 28.3 Å². The molecule has 2 N–H and O–H groups in total. The first-order valence-electron chi connectivity index (χ1n) is 7.26. The summed E-state index contributed by atoms with van der Waals surface area (Å²) in [5.74, 6) is -1.20. The maximum atomic E-state index is 13.6. The average Bonchev–Trinajstić information content (AvgIpc) is 2.57. The molecule has 0 aromatic heterocycles. The molecular formula is C17H17FN2O3S. The summed E-state index contributed by atoms with van der Waals surface area (Å²) in [6, 6.07) is 12.7. The van der Waals surface area contributed by atoms with E-state index in [2.05, 4.69) is 10.6 Å². The van der Waals surface area contributed by atoms with Gasteiger partial charge in [0.1, 0.15) is 5.82 Å². The van der Waals surface area contributed by atoms with Crippen LogP contribution in [0.2, 0.25) is 0 Å². The van der Waals surface area contributed by atoms with Gasteiger partial charge >= 0.3 is 0 Å². The Hall–Kier alpha value is -2.54. The molecule has 0 aliphatic carbocycles. The Kier molecular flexibility index (Phi) is 6.20. The molecule has 7 heteroatoms. The molecule has 0 bridgehead atoms. The molecule has 0 unspecified atom stereocenters. The van der Waals surface area contributed by atoms with Crippen LogP contribution in [0, 0.1) is 5.82 Å². The molecule has 126 valence electrons. The SMILES string of the molecule is CC(=O)Nc1cc(C(=O)NCC[S@@](=O)c2ccccc2)ccc1F. The van der Waals surface area contributed by atoms with Gasteiger partial charge in [0.2, 0.25) is 5.91 Å². The van der Waals surface area contributed by atoms with E-state index in [-0.39, 0.29) is 23.5 Å². The Balaban J connectivity index is 1.93. The summed E-state index contributed by atoms with van der Waals surface area (Å²) < 4.78 is 25.6. The van der Waals surface area contributed by atoms with Gasteiger partial charge in [0, 0.05) is 29.7 Å². The number of carbonyl (C=O) groups excluding carboxylic acids is 2. The summed E-state index contributed by atoms with van der Waals surface area (Å²) in [4.78, 5) is 23.8. The topological polar surface area (TPSA) is 75.3 Å². The van der Waals surface area contributed by atoms with Crippen molar-refractivity contribution in [2.24, 2.45) is 0 Å². The van der Waals surface area contributed by atoms with E-state index in [1.165, 1.54) is 19.1 Å². The van der Waals surface area contributed by atoms with Crippen LogP contribution in [0.3, 0.4) is 0 Å². The number of hydrogen-bond donors (Lipinski definition) is 2. The lowest BCUT2D eigenvalue weighted by atomic mass is 10.1. The number of rotatable bonds is 6. The number of hydrogen-bond acceptors (Lipinski definition) is 3. The summed E-state index contributed by atoms with van der Waals surface area (Å²) in [5.41, 5.74) is 0.161.